The van der Waals surface area contributed by atoms with Crippen molar-refractivity contribution in [2.24, 2.45) is 0 Å². The van der Waals surface area contributed by atoms with E-state index in [2.05, 4.69) is 14.9 Å². The average Bonchev–Trinajstić information content (AvgIpc) is 2.91. The Morgan fingerprint density at radius 1 is 1.26 bits per heavy atom. The number of rotatable bonds is 8. The van der Waals surface area contributed by atoms with Crippen LogP contribution in [0.2, 0.25) is 0 Å². The molecule has 0 aliphatic heterocycles. The molecule has 0 atom stereocenters. The van der Waals surface area contributed by atoms with E-state index in [1.54, 1.807) is 38.1 Å². The number of nitrogens with one attached hydrogen (secondary N) is 2. The van der Waals surface area contributed by atoms with Gasteiger partial charge in [-0.1, -0.05) is 0 Å². The molecule has 0 saturated heterocycles. The van der Waals surface area contributed by atoms with Crippen LogP contribution < -0.4 is 14.4 Å². The number of benzene rings is 1. The van der Waals surface area contributed by atoms with Crippen molar-refractivity contribution in [2.75, 3.05) is 18.0 Å². The summed E-state index contributed by atoms with van der Waals surface area (Å²) in [7, 11) is -3.70. The van der Waals surface area contributed by atoms with Crippen molar-refractivity contribution in [3.8, 4) is 5.75 Å². The van der Waals surface area contributed by atoms with Gasteiger partial charge in [-0.05, 0) is 52.0 Å². The highest BCUT2D eigenvalue weighted by atomic mass is 32.2. The maximum atomic E-state index is 12.5. The van der Waals surface area contributed by atoms with E-state index in [4.69, 9.17) is 4.74 Å². The fourth-order valence-corrected chi connectivity index (χ4v) is 4.13. The first-order valence-electron chi connectivity index (χ1n) is 8.68. The van der Waals surface area contributed by atoms with E-state index in [0.29, 0.717) is 22.8 Å². The van der Waals surface area contributed by atoms with Gasteiger partial charge in [-0.25, -0.2) is 13.1 Å². The number of hydrogen-bond donors (Lipinski definition) is 2. The molecule has 1 amide bonds. The van der Waals surface area contributed by atoms with Gasteiger partial charge in [0, 0.05) is 25.7 Å². The van der Waals surface area contributed by atoms with Crippen LogP contribution in [0.25, 0.3) is 0 Å². The number of aryl methyl sites for hydroxylation is 2. The highest BCUT2D eigenvalue weighted by Gasteiger charge is 2.22. The summed E-state index contributed by atoms with van der Waals surface area (Å²) in [5.74, 6) is 0.534. The molecule has 1 aromatic heterocycles. The molecular weight excluding hydrogens is 368 g/mol. The highest BCUT2D eigenvalue weighted by Crippen LogP contribution is 2.21. The van der Waals surface area contributed by atoms with Crippen molar-refractivity contribution >= 4 is 21.6 Å². The maximum Gasteiger partial charge on any atom is 0.244 e. The lowest BCUT2D eigenvalue weighted by molar-refractivity contribution is -0.116. The molecule has 9 heteroatoms. The first kappa shape index (κ1) is 20.9. The van der Waals surface area contributed by atoms with Crippen LogP contribution in [0.3, 0.4) is 0 Å². The van der Waals surface area contributed by atoms with Crippen LogP contribution in [0.15, 0.2) is 29.2 Å². The van der Waals surface area contributed by atoms with Gasteiger partial charge in [0.25, 0.3) is 0 Å². The maximum absolute atomic E-state index is 12.5. The standard InChI is InChI=1S/C18H26N4O4S/c1-12(2)26-17-8-6-16(7-9-17)22(15(5)23)11-10-19-27(24,25)18-13(3)20-21-14(18)4/h6-9,12,19H,10-11H2,1-5H3,(H,20,21). The first-order valence-corrected chi connectivity index (χ1v) is 10.2. The van der Waals surface area contributed by atoms with Gasteiger partial charge in [0.2, 0.25) is 15.9 Å². The number of amides is 1. The number of anilines is 1. The zero-order chi connectivity index (χ0) is 20.2. The van der Waals surface area contributed by atoms with E-state index in [-0.39, 0.29) is 30.0 Å². The molecule has 1 heterocycles. The van der Waals surface area contributed by atoms with Gasteiger partial charge in [0.05, 0.1) is 17.5 Å². The van der Waals surface area contributed by atoms with Crippen molar-refractivity contribution < 1.29 is 17.9 Å². The Kier molecular flexibility index (Phi) is 6.61. The van der Waals surface area contributed by atoms with Crippen molar-refractivity contribution in [1.82, 2.24) is 14.9 Å². The number of ether oxygens (including phenoxy) is 1. The number of aromatic amines is 1. The predicted molar refractivity (Wildman–Crippen MR) is 103 cm³/mol. The Bertz CT molecular complexity index is 869. The molecule has 0 spiro atoms. The quantitative estimate of drug-likeness (QED) is 0.714. The monoisotopic (exact) mass is 394 g/mol. The van der Waals surface area contributed by atoms with Gasteiger partial charge in [0.1, 0.15) is 10.6 Å². The molecule has 2 rings (SSSR count). The molecule has 0 radical (unpaired) electrons. The number of carbonyl (C=O) groups is 1. The highest BCUT2D eigenvalue weighted by molar-refractivity contribution is 7.89. The van der Waals surface area contributed by atoms with Crippen LogP contribution in [0, 0.1) is 13.8 Å². The molecule has 1 aromatic carbocycles. The summed E-state index contributed by atoms with van der Waals surface area (Å²) in [6.45, 7) is 8.87. The second-order valence-corrected chi connectivity index (χ2v) is 8.20. The molecule has 0 aliphatic rings. The van der Waals surface area contributed by atoms with E-state index in [9.17, 15) is 13.2 Å². The topological polar surface area (TPSA) is 104 Å². The lowest BCUT2D eigenvalue weighted by Crippen LogP contribution is -2.37. The number of nitrogens with zero attached hydrogens (tertiary/aromatic N) is 2. The molecule has 2 aromatic rings. The molecule has 0 fully saturated rings. The van der Waals surface area contributed by atoms with Gasteiger partial charge in [0.15, 0.2) is 0 Å². The van der Waals surface area contributed by atoms with Crippen LogP contribution in [0.4, 0.5) is 5.69 Å². The number of aromatic nitrogens is 2. The Labute approximate surface area is 160 Å². The normalized spacial score (nSPS) is 11.6. The van der Waals surface area contributed by atoms with Crippen molar-refractivity contribution in [1.29, 1.82) is 0 Å². The summed E-state index contributed by atoms with van der Waals surface area (Å²) in [5.41, 5.74) is 1.56. The summed E-state index contributed by atoms with van der Waals surface area (Å²) in [5, 5.41) is 6.57. The van der Waals surface area contributed by atoms with E-state index in [1.165, 1.54) is 11.8 Å². The first-order chi connectivity index (χ1) is 12.6. The minimum Gasteiger partial charge on any atom is -0.491 e. The molecule has 0 unspecified atom stereocenters. The number of H-pyrrole nitrogens is 1. The Hall–Kier alpha value is -2.39. The van der Waals surface area contributed by atoms with Crippen molar-refractivity contribution in [3.05, 3.63) is 35.7 Å². The number of sulfonamides is 1. The van der Waals surface area contributed by atoms with Crippen molar-refractivity contribution in [3.63, 3.8) is 0 Å². The van der Waals surface area contributed by atoms with Gasteiger partial charge >= 0.3 is 0 Å². The summed E-state index contributed by atoms with van der Waals surface area (Å²) in [6, 6.07) is 7.12. The molecule has 0 aliphatic carbocycles. The Morgan fingerprint density at radius 3 is 2.37 bits per heavy atom. The Morgan fingerprint density at radius 2 is 1.89 bits per heavy atom. The third kappa shape index (κ3) is 5.30. The van der Waals surface area contributed by atoms with Crippen LogP contribution >= 0.6 is 0 Å². The van der Waals surface area contributed by atoms with E-state index in [0.717, 1.165) is 0 Å². The lowest BCUT2D eigenvalue weighted by Gasteiger charge is -2.22. The fraction of sp³-hybridized carbons (Fsp3) is 0.444. The molecule has 148 valence electrons. The van der Waals surface area contributed by atoms with Gasteiger partial charge in [-0.3, -0.25) is 9.89 Å². The zero-order valence-corrected chi connectivity index (χ0v) is 17.1. The predicted octanol–water partition coefficient (Wildman–Crippen LogP) is 2.15. The molecule has 8 nitrogen and oxygen atoms in total. The van der Waals surface area contributed by atoms with Gasteiger partial charge < -0.3 is 9.64 Å². The van der Waals surface area contributed by atoms with Crippen LogP contribution in [-0.4, -0.2) is 43.7 Å². The summed E-state index contributed by atoms with van der Waals surface area (Å²) < 4.78 is 33.1. The SMILES string of the molecule is CC(=O)N(CCNS(=O)(=O)c1c(C)n[nH]c1C)c1ccc(OC(C)C)cc1. The summed E-state index contributed by atoms with van der Waals surface area (Å²) in [6.07, 6.45) is 0.0593. The van der Waals surface area contributed by atoms with E-state index >= 15 is 0 Å². The van der Waals surface area contributed by atoms with E-state index < -0.39 is 10.0 Å². The minimum absolute atomic E-state index is 0.0593. The third-order valence-electron chi connectivity index (χ3n) is 3.86. The smallest absolute Gasteiger partial charge is 0.244 e. The van der Waals surface area contributed by atoms with Crippen LogP contribution in [-0.2, 0) is 14.8 Å². The second-order valence-electron chi connectivity index (χ2n) is 6.49. The molecular formula is C18H26N4O4S. The molecule has 0 bridgehead atoms. The third-order valence-corrected chi connectivity index (χ3v) is 5.58. The molecule has 2 N–H and O–H groups in total. The lowest BCUT2D eigenvalue weighted by atomic mass is 10.2. The second kappa shape index (κ2) is 8.53. The average molecular weight is 394 g/mol. The molecule has 0 saturated carbocycles. The largest absolute Gasteiger partial charge is 0.491 e. The van der Waals surface area contributed by atoms with Crippen LogP contribution in [0.1, 0.15) is 32.2 Å². The minimum atomic E-state index is -3.70. The zero-order valence-electron chi connectivity index (χ0n) is 16.2. The fourth-order valence-electron chi connectivity index (χ4n) is 2.75. The van der Waals surface area contributed by atoms with Crippen LogP contribution in [0.5, 0.6) is 5.75 Å². The van der Waals surface area contributed by atoms with Gasteiger partial charge in [-0.2, -0.15) is 5.10 Å². The summed E-state index contributed by atoms with van der Waals surface area (Å²) >= 11 is 0. The number of carbonyl (C=O) groups excluding carboxylic acids is 1. The van der Waals surface area contributed by atoms with Gasteiger partial charge in [-0.15, -0.1) is 0 Å². The molecule has 27 heavy (non-hydrogen) atoms. The summed E-state index contributed by atoms with van der Waals surface area (Å²) in [4.78, 5) is 13.7. The van der Waals surface area contributed by atoms with Crippen molar-refractivity contribution in [2.45, 2.75) is 45.6 Å². The van der Waals surface area contributed by atoms with E-state index in [1.807, 2.05) is 13.8 Å². The number of hydrogen-bond acceptors (Lipinski definition) is 5. The Balaban J connectivity index is 2.06.